The number of nitrogens with zero attached hydrogens (tertiary/aromatic N) is 1. The van der Waals surface area contributed by atoms with Gasteiger partial charge in [0.25, 0.3) is 0 Å². The Bertz CT molecular complexity index is 896. The first-order valence-corrected chi connectivity index (χ1v) is 7.20. The fourth-order valence-corrected chi connectivity index (χ4v) is 2.50. The molecule has 6 heteroatoms. The van der Waals surface area contributed by atoms with Crippen molar-refractivity contribution in [3.8, 4) is 5.75 Å². The summed E-state index contributed by atoms with van der Waals surface area (Å²) >= 11 is 6.01. The van der Waals surface area contributed by atoms with Gasteiger partial charge in [-0.25, -0.2) is 9.78 Å². The molecule has 0 saturated heterocycles. The lowest BCUT2D eigenvalue weighted by Gasteiger charge is -2.12. The number of carboxylic acids is 1. The number of benzene rings is 2. The van der Waals surface area contributed by atoms with Crippen molar-refractivity contribution in [2.45, 2.75) is 0 Å². The summed E-state index contributed by atoms with van der Waals surface area (Å²) in [6.07, 6.45) is 0. The largest absolute Gasteiger partial charge is 0.495 e. The number of methoxy groups -OCH3 is 1. The number of pyridine rings is 1. The molecule has 0 radical (unpaired) electrons. The van der Waals surface area contributed by atoms with Crippen molar-refractivity contribution in [1.29, 1.82) is 0 Å². The number of para-hydroxylation sites is 1. The molecule has 5 nitrogen and oxygen atoms in total. The molecule has 116 valence electrons. The van der Waals surface area contributed by atoms with Crippen LogP contribution in [0.3, 0.4) is 0 Å². The number of aromatic carboxylic acids is 1. The van der Waals surface area contributed by atoms with Gasteiger partial charge in [-0.15, -0.1) is 0 Å². The predicted molar refractivity (Wildman–Crippen MR) is 90.0 cm³/mol. The summed E-state index contributed by atoms with van der Waals surface area (Å²) in [5.41, 5.74) is 1.38. The summed E-state index contributed by atoms with van der Waals surface area (Å²) in [5, 5.41) is 13.6. The van der Waals surface area contributed by atoms with E-state index in [4.69, 9.17) is 16.3 Å². The van der Waals surface area contributed by atoms with Crippen LogP contribution in [0.5, 0.6) is 5.75 Å². The molecule has 1 heterocycles. The summed E-state index contributed by atoms with van der Waals surface area (Å²) in [4.78, 5) is 15.9. The molecule has 23 heavy (non-hydrogen) atoms. The van der Waals surface area contributed by atoms with Gasteiger partial charge in [0.15, 0.2) is 0 Å². The Kier molecular flexibility index (Phi) is 4.04. The van der Waals surface area contributed by atoms with Crippen LogP contribution in [0.15, 0.2) is 48.5 Å². The second-order valence-electron chi connectivity index (χ2n) is 4.85. The van der Waals surface area contributed by atoms with Gasteiger partial charge in [-0.1, -0.05) is 29.8 Å². The van der Waals surface area contributed by atoms with Crippen LogP contribution in [0.4, 0.5) is 11.5 Å². The molecule has 0 fully saturated rings. The zero-order chi connectivity index (χ0) is 16.4. The highest BCUT2D eigenvalue weighted by molar-refractivity contribution is 6.31. The molecule has 0 aliphatic rings. The van der Waals surface area contributed by atoms with Crippen molar-refractivity contribution in [2.24, 2.45) is 0 Å². The molecule has 3 aromatic rings. The maximum Gasteiger partial charge on any atom is 0.336 e. The molecule has 2 aromatic carbocycles. The predicted octanol–water partition coefficient (Wildman–Crippen LogP) is 4.34. The van der Waals surface area contributed by atoms with Gasteiger partial charge in [-0.3, -0.25) is 0 Å². The van der Waals surface area contributed by atoms with Gasteiger partial charge in [0.1, 0.15) is 11.6 Å². The van der Waals surface area contributed by atoms with Gasteiger partial charge < -0.3 is 15.2 Å². The van der Waals surface area contributed by atoms with E-state index in [2.05, 4.69) is 10.3 Å². The number of rotatable bonds is 4. The average molecular weight is 329 g/mol. The van der Waals surface area contributed by atoms with Gasteiger partial charge in [0.2, 0.25) is 0 Å². The first-order chi connectivity index (χ1) is 11.1. The van der Waals surface area contributed by atoms with Crippen LogP contribution in [0.1, 0.15) is 10.4 Å². The number of nitrogens with one attached hydrogen (secondary N) is 1. The number of carbonyl (C=O) groups is 1. The van der Waals surface area contributed by atoms with Crippen LogP contribution in [0.2, 0.25) is 5.02 Å². The summed E-state index contributed by atoms with van der Waals surface area (Å²) in [6.45, 7) is 0. The Balaban J connectivity index is 2.11. The normalized spacial score (nSPS) is 10.5. The maximum absolute atomic E-state index is 11.5. The molecule has 1 aromatic heterocycles. The molecule has 3 rings (SSSR count). The zero-order valence-electron chi connectivity index (χ0n) is 12.2. The number of hydrogen-bond acceptors (Lipinski definition) is 4. The van der Waals surface area contributed by atoms with E-state index < -0.39 is 5.97 Å². The Labute approximate surface area is 137 Å². The van der Waals surface area contributed by atoms with Gasteiger partial charge >= 0.3 is 5.97 Å². The van der Waals surface area contributed by atoms with E-state index in [0.29, 0.717) is 33.2 Å². The first kappa shape index (κ1) is 15.1. The lowest BCUT2D eigenvalue weighted by atomic mass is 10.1. The third kappa shape index (κ3) is 3.05. The van der Waals surface area contributed by atoms with Crippen molar-refractivity contribution in [2.75, 3.05) is 12.4 Å². The van der Waals surface area contributed by atoms with Crippen molar-refractivity contribution < 1.29 is 14.6 Å². The standard InChI is InChI=1S/C17H13ClN2O3/c1-23-15-7-6-10(18)8-14(15)20-16-9-12(17(21)22)11-4-2-3-5-13(11)19-16/h2-9H,1H3,(H,19,20)(H,21,22). The van der Waals surface area contributed by atoms with Gasteiger partial charge in [-0.05, 0) is 30.3 Å². The van der Waals surface area contributed by atoms with E-state index in [-0.39, 0.29) is 5.56 Å². The Morgan fingerprint density at radius 3 is 2.74 bits per heavy atom. The van der Waals surface area contributed by atoms with Crippen molar-refractivity contribution >= 4 is 40.0 Å². The fourth-order valence-electron chi connectivity index (χ4n) is 2.33. The Morgan fingerprint density at radius 1 is 1.22 bits per heavy atom. The minimum absolute atomic E-state index is 0.180. The Morgan fingerprint density at radius 2 is 2.00 bits per heavy atom. The van der Waals surface area contributed by atoms with E-state index in [1.54, 1.807) is 43.5 Å². The number of aromatic nitrogens is 1. The molecule has 0 aliphatic heterocycles. The molecule has 0 bridgehead atoms. The molecule has 0 amide bonds. The zero-order valence-corrected chi connectivity index (χ0v) is 13.0. The molecule has 2 N–H and O–H groups in total. The van der Waals surface area contributed by atoms with E-state index >= 15 is 0 Å². The third-order valence-corrected chi connectivity index (χ3v) is 3.61. The fraction of sp³-hybridized carbons (Fsp3) is 0.0588. The second-order valence-corrected chi connectivity index (χ2v) is 5.28. The highest BCUT2D eigenvalue weighted by Crippen LogP contribution is 2.31. The van der Waals surface area contributed by atoms with Gasteiger partial charge in [-0.2, -0.15) is 0 Å². The maximum atomic E-state index is 11.5. The van der Waals surface area contributed by atoms with Crippen LogP contribution in [0, 0.1) is 0 Å². The number of anilines is 2. The summed E-state index contributed by atoms with van der Waals surface area (Å²) < 4.78 is 5.27. The first-order valence-electron chi connectivity index (χ1n) is 6.82. The quantitative estimate of drug-likeness (QED) is 0.745. The Hall–Kier alpha value is -2.79. The number of carboxylic acid groups (broad SMARTS) is 1. The van der Waals surface area contributed by atoms with E-state index in [1.165, 1.54) is 6.07 Å². The van der Waals surface area contributed by atoms with Crippen LogP contribution < -0.4 is 10.1 Å². The van der Waals surface area contributed by atoms with Crippen LogP contribution >= 0.6 is 11.6 Å². The third-order valence-electron chi connectivity index (χ3n) is 3.37. The van der Waals surface area contributed by atoms with E-state index in [1.807, 2.05) is 6.07 Å². The van der Waals surface area contributed by atoms with Crippen LogP contribution in [-0.2, 0) is 0 Å². The van der Waals surface area contributed by atoms with Gasteiger partial charge in [0.05, 0.1) is 23.9 Å². The summed E-state index contributed by atoms with van der Waals surface area (Å²) in [6, 6.07) is 13.7. The molecular formula is C17H13ClN2O3. The van der Waals surface area contributed by atoms with Crippen molar-refractivity contribution in [3.63, 3.8) is 0 Å². The molecule has 0 saturated carbocycles. The van der Waals surface area contributed by atoms with Crippen LogP contribution in [-0.4, -0.2) is 23.2 Å². The summed E-state index contributed by atoms with van der Waals surface area (Å²) in [5.74, 6) is -0.0207. The number of ether oxygens (including phenoxy) is 1. The molecule has 0 spiro atoms. The number of halogens is 1. The lowest BCUT2D eigenvalue weighted by molar-refractivity contribution is 0.0699. The number of fused-ring (bicyclic) bond motifs is 1. The smallest absolute Gasteiger partial charge is 0.336 e. The monoisotopic (exact) mass is 328 g/mol. The lowest BCUT2D eigenvalue weighted by Crippen LogP contribution is -2.03. The van der Waals surface area contributed by atoms with Crippen molar-refractivity contribution in [3.05, 3.63) is 59.1 Å². The van der Waals surface area contributed by atoms with E-state index in [9.17, 15) is 9.90 Å². The summed E-state index contributed by atoms with van der Waals surface area (Å²) in [7, 11) is 1.55. The number of hydrogen-bond donors (Lipinski definition) is 2. The molecule has 0 aliphatic carbocycles. The minimum Gasteiger partial charge on any atom is -0.495 e. The average Bonchev–Trinajstić information content (AvgIpc) is 2.54. The van der Waals surface area contributed by atoms with Crippen LogP contribution in [0.25, 0.3) is 10.9 Å². The highest BCUT2D eigenvalue weighted by atomic mass is 35.5. The van der Waals surface area contributed by atoms with E-state index in [0.717, 1.165) is 0 Å². The topological polar surface area (TPSA) is 71.5 Å². The highest BCUT2D eigenvalue weighted by Gasteiger charge is 2.13. The molecule has 0 unspecified atom stereocenters. The SMILES string of the molecule is COc1ccc(Cl)cc1Nc1cc(C(=O)O)c2ccccc2n1. The van der Waals surface area contributed by atoms with Gasteiger partial charge in [0, 0.05) is 10.4 Å². The minimum atomic E-state index is -1.01. The second kappa shape index (κ2) is 6.14. The van der Waals surface area contributed by atoms with Crippen molar-refractivity contribution in [1.82, 2.24) is 4.98 Å². The molecular weight excluding hydrogens is 316 g/mol. The molecule has 0 atom stereocenters.